The van der Waals surface area contributed by atoms with Crippen LogP contribution in [0.25, 0.3) is 0 Å². The minimum absolute atomic E-state index is 0.120. The topological polar surface area (TPSA) is 229 Å². The van der Waals surface area contributed by atoms with Crippen LogP contribution in [0.5, 0.6) is 0 Å². The standard InChI is InChI=1S/C21H21NO3.C20H20N2O3.C20H19NO3.C14H15NO3/c1-14-6-8-16(9-7-14)22-11-10-21(20(22)24)12-15-4-3-5-17(18(15)13-21)19(23)25-2;1-13-5-7-15(8-6-13)22-10-9-20(19(22)24)11-14-3-2-4-16(17(14)12-20)18(23)21-25;1-13-5-7-15(8-6-13)21-10-9-20(19(21)24)11-14-3-2-4-16(18(22)23)17(14)12-20;1-18-12(16)10-4-2-3-9-7-14(8-11(9)10)5-6-15-13(14)17/h3-9H,10-13H2,1-2H3;2-8,25H,9-12H2,1H3,(H,21,23);2-8H,9-12H2,1H3,(H,22,23);2-4H,5-8H2,1H3,(H,15,17). The molecule has 17 heteroatoms. The predicted molar refractivity (Wildman–Crippen MR) is 346 cm³/mol. The van der Waals surface area contributed by atoms with Gasteiger partial charge in [0.1, 0.15) is 0 Å². The van der Waals surface area contributed by atoms with E-state index in [9.17, 15) is 43.5 Å². The number of anilines is 3. The number of aryl methyl sites for hydroxylation is 3. The molecule has 4 heterocycles. The number of nitrogens with one attached hydrogen (secondary N) is 2. The van der Waals surface area contributed by atoms with Gasteiger partial charge in [0.15, 0.2) is 0 Å². The first kappa shape index (κ1) is 62.5. The summed E-state index contributed by atoms with van der Waals surface area (Å²) in [4.78, 5) is 104. The van der Waals surface area contributed by atoms with Crippen molar-refractivity contribution in [2.24, 2.45) is 21.7 Å². The highest BCUT2D eigenvalue weighted by Gasteiger charge is 2.54. The third-order valence-corrected chi connectivity index (χ3v) is 20.6. The molecule has 0 bridgehead atoms. The van der Waals surface area contributed by atoms with E-state index >= 15 is 0 Å². The van der Waals surface area contributed by atoms with Crippen molar-refractivity contribution in [1.29, 1.82) is 0 Å². The molecule has 8 aliphatic rings. The average molecular weight is 1240 g/mol. The van der Waals surface area contributed by atoms with Crippen LogP contribution in [0, 0.1) is 42.4 Å². The number of methoxy groups -OCH3 is 2. The van der Waals surface area contributed by atoms with Crippen LogP contribution in [-0.2, 0) is 80.0 Å². The number of aromatic carboxylic acids is 1. The number of ether oxygens (including phenoxy) is 2. The highest BCUT2D eigenvalue weighted by atomic mass is 16.5. The summed E-state index contributed by atoms with van der Waals surface area (Å²) >= 11 is 0. The molecule has 7 aromatic carbocycles. The Morgan fingerprint density at radius 2 is 0.739 bits per heavy atom. The number of hydrogen-bond acceptors (Lipinski definition) is 11. The third kappa shape index (κ3) is 11.3. The fraction of sp³-hybridized carbons (Fsp3) is 0.333. The van der Waals surface area contributed by atoms with Gasteiger partial charge in [-0.25, -0.2) is 19.9 Å². The molecule has 4 aliphatic heterocycles. The van der Waals surface area contributed by atoms with Crippen LogP contribution in [-0.4, -0.2) is 98.2 Å². The van der Waals surface area contributed by atoms with E-state index < -0.39 is 28.1 Å². The number of amides is 5. The number of carbonyl (C=O) groups excluding carboxylic acids is 7. The normalized spacial score (nSPS) is 22.5. The largest absolute Gasteiger partial charge is 0.478 e. The molecule has 7 aromatic rings. The van der Waals surface area contributed by atoms with Crippen molar-refractivity contribution in [2.45, 2.75) is 97.8 Å². The molecule has 4 aliphatic carbocycles. The number of fused-ring (bicyclic) bond motifs is 4. The second-order valence-corrected chi connectivity index (χ2v) is 26.2. The zero-order chi connectivity index (χ0) is 64.9. The molecule has 4 fully saturated rings. The second-order valence-electron chi connectivity index (χ2n) is 26.2. The van der Waals surface area contributed by atoms with Crippen molar-refractivity contribution >= 4 is 64.5 Å². The van der Waals surface area contributed by atoms with Crippen molar-refractivity contribution in [3.8, 4) is 0 Å². The molecule has 4 saturated heterocycles. The number of carboxylic acid groups (broad SMARTS) is 1. The number of carbonyl (C=O) groups is 8. The smallest absolute Gasteiger partial charge is 0.338 e. The van der Waals surface area contributed by atoms with Crippen molar-refractivity contribution in [3.05, 3.63) is 229 Å². The lowest BCUT2D eigenvalue weighted by Gasteiger charge is -2.23. The van der Waals surface area contributed by atoms with E-state index in [1.165, 1.54) is 25.3 Å². The van der Waals surface area contributed by atoms with Gasteiger partial charge >= 0.3 is 17.9 Å². The molecular weight excluding hydrogens is 1160 g/mol. The lowest BCUT2D eigenvalue weighted by Crippen LogP contribution is -2.35. The third-order valence-electron chi connectivity index (χ3n) is 20.6. The van der Waals surface area contributed by atoms with Crippen LogP contribution in [0.3, 0.4) is 0 Å². The molecule has 15 rings (SSSR count). The van der Waals surface area contributed by atoms with E-state index in [0.29, 0.717) is 80.3 Å². The minimum atomic E-state index is -0.912. The quantitative estimate of drug-likeness (QED) is 0.0664. The van der Waals surface area contributed by atoms with Gasteiger partial charge in [-0.3, -0.25) is 29.2 Å². The van der Waals surface area contributed by atoms with Crippen LogP contribution in [0.1, 0.15) is 128 Å². The summed E-state index contributed by atoms with van der Waals surface area (Å²) in [6, 6.07) is 46.2. The molecule has 0 saturated carbocycles. The molecule has 92 heavy (non-hydrogen) atoms. The Bertz CT molecular complexity index is 4000. The van der Waals surface area contributed by atoms with E-state index in [0.717, 1.165) is 112 Å². The summed E-state index contributed by atoms with van der Waals surface area (Å²) < 4.78 is 9.71. The van der Waals surface area contributed by atoms with Crippen molar-refractivity contribution in [3.63, 3.8) is 0 Å². The Balaban J connectivity index is 0.000000119. The molecule has 5 amide bonds. The number of hydroxylamine groups is 1. The molecule has 4 N–H and O–H groups in total. The number of rotatable bonds is 7. The van der Waals surface area contributed by atoms with Gasteiger partial charge < -0.3 is 34.6 Å². The summed E-state index contributed by atoms with van der Waals surface area (Å²) in [5, 5.41) is 21.3. The second kappa shape index (κ2) is 24.8. The minimum Gasteiger partial charge on any atom is -0.478 e. The number of nitrogens with zero attached hydrogens (tertiary/aromatic N) is 3. The fourth-order valence-electron chi connectivity index (χ4n) is 15.6. The van der Waals surface area contributed by atoms with Gasteiger partial charge in [0, 0.05) is 48.8 Å². The lowest BCUT2D eigenvalue weighted by atomic mass is 9.83. The highest BCUT2D eigenvalue weighted by molar-refractivity contribution is 6.04. The van der Waals surface area contributed by atoms with Gasteiger partial charge in [0.25, 0.3) is 5.91 Å². The number of carboxylic acids is 1. The van der Waals surface area contributed by atoms with E-state index in [1.807, 2.05) is 145 Å². The van der Waals surface area contributed by atoms with E-state index in [2.05, 4.69) is 5.32 Å². The molecule has 4 unspecified atom stereocenters. The van der Waals surface area contributed by atoms with Gasteiger partial charge in [-0.15, -0.1) is 0 Å². The maximum absolute atomic E-state index is 13.2. The molecule has 4 spiro atoms. The summed E-state index contributed by atoms with van der Waals surface area (Å²) in [5.41, 5.74) is 16.3. The van der Waals surface area contributed by atoms with Crippen LogP contribution in [0.2, 0.25) is 0 Å². The molecular formula is C75H75N5O12. The van der Waals surface area contributed by atoms with Gasteiger partial charge in [-0.05, 0) is 203 Å². The summed E-state index contributed by atoms with van der Waals surface area (Å²) in [6.07, 6.45) is 8.29. The Kier molecular flexibility index (Phi) is 16.8. The van der Waals surface area contributed by atoms with Crippen molar-refractivity contribution in [1.82, 2.24) is 10.8 Å². The van der Waals surface area contributed by atoms with Crippen LogP contribution < -0.4 is 25.5 Å². The van der Waals surface area contributed by atoms with Gasteiger partial charge in [0.2, 0.25) is 23.6 Å². The number of hydrogen-bond donors (Lipinski definition) is 4. The monoisotopic (exact) mass is 1240 g/mol. The first-order chi connectivity index (χ1) is 44.2. The van der Waals surface area contributed by atoms with Crippen molar-refractivity contribution < 1.29 is 58.1 Å². The van der Waals surface area contributed by atoms with Crippen LogP contribution >= 0.6 is 0 Å². The maximum Gasteiger partial charge on any atom is 0.338 e. The lowest BCUT2D eigenvalue weighted by molar-refractivity contribution is -0.127. The molecule has 17 nitrogen and oxygen atoms in total. The zero-order valence-electron chi connectivity index (χ0n) is 52.5. The Hall–Kier alpha value is -9.74. The van der Waals surface area contributed by atoms with E-state index in [4.69, 9.17) is 14.7 Å². The Morgan fingerprint density at radius 3 is 1.07 bits per heavy atom. The SMILES string of the molecule is COC(=O)c1cccc2c1CC1(CCN(c3ccc(C)cc3)C1=O)C2.COC(=O)c1cccc2c1CC1(CCNC1=O)C2.Cc1ccc(N2CCC3(Cc4cccc(C(=O)NO)c4C3)C2=O)cc1.Cc1ccc(N2CCC3(Cc4cccc(C(=O)O)c4C3)C2=O)cc1. The number of benzene rings is 7. The first-order valence-electron chi connectivity index (χ1n) is 31.5. The summed E-state index contributed by atoms with van der Waals surface area (Å²) in [6.45, 7) is 8.94. The fourth-order valence-corrected chi connectivity index (χ4v) is 15.6. The molecule has 4 atom stereocenters. The van der Waals surface area contributed by atoms with Gasteiger partial charge in [-0.1, -0.05) is 102 Å². The summed E-state index contributed by atoms with van der Waals surface area (Å²) in [5.74, 6) is -1.53. The van der Waals surface area contributed by atoms with Crippen LogP contribution in [0.4, 0.5) is 17.1 Å². The Labute approximate surface area is 534 Å². The summed E-state index contributed by atoms with van der Waals surface area (Å²) in [7, 11) is 2.78. The first-order valence-corrected chi connectivity index (χ1v) is 31.5. The molecule has 472 valence electrons. The van der Waals surface area contributed by atoms with E-state index in [-0.39, 0.29) is 41.0 Å². The average Bonchev–Trinajstić information content (AvgIpc) is 1.62. The Morgan fingerprint density at radius 1 is 0.424 bits per heavy atom. The van der Waals surface area contributed by atoms with Crippen molar-refractivity contribution in [2.75, 3.05) is 55.1 Å². The zero-order valence-corrected chi connectivity index (χ0v) is 52.5. The molecule has 0 aromatic heterocycles. The highest BCUT2D eigenvalue weighted by Crippen LogP contribution is 2.50. The van der Waals surface area contributed by atoms with E-state index in [1.54, 1.807) is 41.9 Å². The molecule has 0 radical (unpaired) electrons. The number of esters is 2. The van der Waals surface area contributed by atoms with Gasteiger partial charge in [-0.2, -0.15) is 0 Å². The van der Waals surface area contributed by atoms with Gasteiger partial charge in [0.05, 0.1) is 52.6 Å². The van der Waals surface area contributed by atoms with Crippen LogP contribution in [0.15, 0.2) is 146 Å². The maximum atomic E-state index is 13.2. The predicted octanol–water partition coefficient (Wildman–Crippen LogP) is 10.2.